The van der Waals surface area contributed by atoms with E-state index >= 15 is 0 Å². The number of rotatable bonds is 7. The molecule has 0 aliphatic carbocycles. The van der Waals surface area contributed by atoms with Gasteiger partial charge in [-0.3, -0.25) is 9.36 Å². The number of benzene rings is 4. The lowest BCUT2D eigenvalue weighted by atomic mass is 10.2. The third-order valence-corrected chi connectivity index (χ3v) is 7.15. The van der Waals surface area contributed by atoms with E-state index in [1.807, 2.05) is 48.5 Å². The highest BCUT2D eigenvalue weighted by Crippen LogP contribution is 2.45. The number of amides is 1. The molecular formula is C26H21N2O3P. The summed E-state index contributed by atoms with van der Waals surface area (Å²) in [6.07, 6.45) is 1.48. The van der Waals surface area contributed by atoms with Crippen molar-refractivity contribution in [1.29, 1.82) is 0 Å². The van der Waals surface area contributed by atoms with E-state index in [0.29, 0.717) is 27.5 Å². The molecule has 4 rings (SSSR count). The van der Waals surface area contributed by atoms with Crippen molar-refractivity contribution in [3.8, 4) is 5.75 Å². The first kappa shape index (κ1) is 21.3. The Kier molecular flexibility index (Phi) is 6.59. The average molecular weight is 440 g/mol. The minimum Gasteiger partial charge on any atom is -0.436 e. The molecule has 0 radical (unpaired) electrons. The molecule has 4 aromatic carbocycles. The first-order valence-corrected chi connectivity index (χ1v) is 11.7. The van der Waals surface area contributed by atoms with E-state index in [2.05, 4.69) is 10.5 Å². The van der Waals surface area contributed by atoms with Crippen LogP contribution in [0.3, 0.4) is 0 Å². The van der Waals surface area contributed by atoms with Crippen LogP contribution in [-0.4, -0.2) is 12.1 Å². The third kappa shape index (κ3) is 4.85. The lowest BCUT2D eigenvalue weighted by molar-refractivity contribution is 0.0955. The largest absolute Gasteiger partial charge is 0.436 e. The molecule has 32 heavy (non-hydrogen) atoms. The summed E-state index contributed by atoms with van der Waals surface area (Å²) in [5.41, 5.74) is 3.60. The Bertz CT molecular complexity index is 1220. The summed E-state index contributed by atoms with van der Waals surface area (Å²) in [5.74, 6) is 0.0840. The van der Waals surface area contributed by atoms with E-state index < -0.39 is 7.37 Å². The van der Waals surface area contributed by atoms with Gasteiger partial charge in [-0.05, 0) is 48.5 Å². The SMILES string of the molecule is O=C(N/N=C\c1ccccc1OP(=O)(c1ccccc1)c1ccccc1)c1ccccc1. The van der Waals surface area contributed by atoms with Gasteiger partial charge in [0.05, 0.1) is 16.8 Å². The van der Waals surface area contributed by atoms with Crippen LogP contribution < -0.4 is 20.6 Å². The number of carbonyl (C=O) groups excluding carboxylic acids is 1. The Labute approximate surface area is 186 Å². The van der Waals surface area contributed by atoms with Crippen LogP contribution >= 0.6 is 7.37 Å². The summed E-state index contributed by atoms with van der Waals surface area (Å²) >= 11 is 0. The van der Waals surface area contributed by atoms with Crippen molar-refractivity contribution in [2.75, 3.05) is 0 Å². The van der Waals surface area contributed by atoms with Gasteiger partial charge in [0, 0.05) is 11.1 Å². The Morgan fingerprint density at radius 3 is 1.81 bits per heavy atom. The van der Waals surface area contributed by atoms with Crippen molar-refractivity contribution in [2.24, 2.45) is 5.10 Å². The second kappa shape index (κ2) is 9.90. The van der Waals surface area contributed by atoms with Gasteiger partial charge in [-0.25, -0.2) is 5.43 Å². The van der Waals surface area contributed by atoms with E-state index in [1.165, 1.54) is 6.21 Å². The molecule has 0 bridgehead atoms. The second-order valence-electron chi connectivity index (χ2n) is 6.92. The normalized spacial score (nSPS) is 11.2. The minimum atomic E-state index is -3.42. The third-order valence-electron chi connectivity index (χ3n) is 4.74. The zero-order chi connectivity index (χ0) is 22.2. The number of hydrogen-bond donors (Lipinski definition) is 1. The molecule has 1 N–H and O–H groups in total. The highest BCUT2D eigenvalue weighted by Gasteiger charge is 2.30. The van der Waals surface area contributed by atoms with Crippen LogP contribution in [0.5, 0.6) is 5.75 Å². The van der Waals surface area contributed by atoms with Crippen LogP contribution in [0.1, 0.15) is 15.9 Å². The van der Waals surface area contributed by atoms with E-state index in [0.717, 1.165) is 0 Å². The molecule has 1 amide bonds. The number of hydrogen-bond acceptors (Lipinski definition) is 4. The fourth-order valence-electron chi connectivity index (χ4n) is 3.13. The zero-order valence-corrected chi connectivity index (χ0v) is 18.1. The molecule has 0 spiro atoms. The highest BCUT2D eigenvalue weighted by atomic mass is 31.2. The summed E-state index contributed by atoms with van der Waals surface area (Å²) < 4.78 is 20.4. The Morgan fingerprint density at radius 1 is 0.719 bits per heavy atom. The number of nitrogens with zero attached hydrogens (tertiary/aromatic N) is 1. The van der Waals surface area contributed by atoms with E-state index in [9.17, 15) is 9.36 Å². The maximum absolute atomic E-state index is 14.2. The van der Waals surface area contributed by atoms with Crippen LogP contribution in [0.25, 0.3) is 0 Å². The quantitative estimate of drug-likeness (QED) is 0.256. The lowest BCUT2D eigenvalue weighted by Gasteiger charge is -2.21. The Morgan fingerprint density at radius 2 is 1.22 bits per heavy atom. The molecular weight excluding hydrogens is 419 g/mol. The van der Waals surface area contributed by atoms with Gasteiger partial charge in [0.15, 0.2) is 0 Å². The van der Waals surface area contributed by atoms with Crippen molar-refractivity contribution in [1.82, 2.24) is 5.43 Å². The molecule has 0 saturated heterocycles. The molecule has 5 nitrogen and oxygen atoms in total. The molecule has 0 fully saturated rings. The van der Waals surface area contributed by atoms with Gasteiger partial charge in [-0.15, -0.1) is 0 Å². The predicted molar refractivity (Wildman–Crippen MR) is 128 cm³/mol. The average Bonchev–Trinajstić information content (AvgIpc) is 2.86. The van der Waals surface area contributed by atoms with Gasteiger partial charge < -0.3 is 4.52 Å². The summed E-state index contributed by atoms with van der Waals surface area (Å²) in [5, 5.41) is 5.25. The van der Waals surface area contributed by atoms with Crippen molar-refractivity contribution in [3.63, 3.8) is 0 Å². The fourth-order valence-corrected chi connectivity index (χ4v) is 5.21. The fraction of sp³-hybridized carbons (Fsp3) is 0. The van der Waals surface area contributed by atoms with Crippen molar-refractivity contribution >= 4 is 30.1 Å². The maximum Gasteiger partial charge on any atom is 0.306 e. The van der Waals surface area contributed by atoms with Crippen LogP contribution in [0.15, 0.2) is 120 Å². The van der Waals surface area contributed by atoms with Crippen molar-refractivity contribution < 1.29 is 13.9 Å². The standard InChI is InChI=1S/C26H21N2O3P/c29-26(21-12-4-1-5-13-21)28-27-20-22-14-10-11-19-25(22)31-32(30,23-15-6-2-7-16-23)24-17-8-3-9-18-24/h1-20H,(H,28,29)/b27-20-. The van der Waals surface area contributed by atoms with Gasteiger partial charge in [0.1, 0.15) is 5.75 Å². The van der Waals surface area contributed by atoms with Crippen LogP contribution in [0.2, 0.25) is 0 Å². The number of nitrogens with one attached hydrogen (secondary N) is 1. The second-order valence-corrected chi connectivity index (χ2v) is 9.24. The Balaban J connectivity index is 1.62. The molecule has 158 valence electrons. The summed E-state index contributed by atoms with van der Waals surface area (Å²) in [6, 6.07) is 34.2. The molecule has 0 aromatic heterocycles. The first-order chi connectivity index (χ1) is 15.7. The van der Waals surface area contributed by atoms with Crippen LogP contribution in [0.4, 0.5) is 0 Å². The van der Waals surface area contributed by atoms with E-state index in [1.54, 1.807) is 66.7 Å². The lowest BCUT2D eigenvalue weighted by Crippen LogP contribution is -2.20. The van der Waals surface area contributed by atoms with E-state index in [4.69, 9.17) is 4.52 Å². The monoisotopic (exact) mass is 440 g/mol. The molecule has 6 heteroatoms. The van der Waals surface area contributed by atoms with Gasteiger partial charge in [-0.1, -0.05) is 66.7 Å². The molecule has 0 aliphatic rings. The van der Waals surface area contributed by atoms with Gasteiger partial charge in [-0.2, -0.15) is 5.10 Å². The Hall–Kier alpha value is -3.95. The van der Waals surface area contributed by atoms with Crippen LogP contribution in [0, 0.1) is 0 Å². The highest BCUT2D eigenvalue weighted by molar-refractivity contribution is 7.74. The van der Waals surface area contributed by atoms with Gasteiger partial charge >= 0.3 is 7.37 Å². The van der Waals surface area contributed by atoms with Crippen molar-refractivity contribution in [2.45, 2.75) is 0 Å². The minimum absolute atomic E-state index is 0.320. The summed E-state index contributed by atoms with van der Waals surface area (Å²) in [6.45, 7) is 0. The van der Waals surface area contributed by atoms with E-state index in [-0.39, 0.29) is 5.91 Å². The first-order valence-electron chi connectivity index (χ1n) is 10.1. The number of para-hydroxylation sites is 1. The zero-order valence-electron chi connectivity index (χ0n) is 17.2. The number of carbonyl (C=O) groups is 1. The maximum atomic E-state index is 14.2. The summed E-state index contributed by atoms with van der Waals surface area (Å²) in [7, 11) is -3.42. The molecule has 4 aromatic rings. The van der Waals surface area contributed by atoms with Crippen molar-refractivity contribution in [3.05, 3.63) is 126 Å². The van der Waals surface area contributed by atoms with Crippen LogP contribution in [-0.2, 0) is 4.57 Å². The van der Waals surface area contributed by atoms with Gasteiger partial charge in [0.25, 0.3) is 5.91 Å². The number of hydrazone groups is 1. The smallest absolute Gasteiger partial charge is 0.306 e. The molecule has 0 atom stereocenters. The molecule has 0 unspecified atom stereocenters. The van der Waals surface area contributed by atoms with Gasteiger partial charge in [0.2, 0.25) is 0 Å². The topological polar surface area (TPSA) is 67.8 Å². The molecule has 0 aliphatic heterocycles. The predicted octanol–water partition coefficient (Wildman–Crippen LogP) is 4.76. The summed E-state index contributed by atoms with van der Waals surface area (Å²) in [4.78, 5) is 12.2. The molecule has 0 heterocycles. The molecule has 0 saturated carbocycles.